The molecule has 0 aliphatic rings. The van der Waals surface area contributed by atoms with Gasteiger partial charge in [0.2, 0.25) is 0 Å². The van der Waals surface area contributed by atoms with Crippen molar-refractivity contribution in [3.8, 4) is 23.0 Å². The molecule has 0 saturated heterocycles. The van der Waals surface area contributed by atoms with Gasteiger partial charge in [-0.2, -0.15) is 20.5 Å². The molecule has 0 fully saturated rings. The van der Waals surface area contributed by atoms with Crippen molar-refractivity contribution in [1.82, 2.24) is 0 Å². The molecule has 0 aliphatic carbocycles. The van der Waals surface area contributed by atoms with Crippen LogP contribution >= 0.6 is 22.6 Å². The van der Waals surface area contributed by atoms with Gasteiger partial charge in [0, 0.05) is 6.07 Å². The van der Waals surface area contributed by atoms with Gasteiger partial charge in [0.05, 0.1) is 50.7 Å². The molecule has 356 valence electrons. The van der Waals surface area contributed by atoms with E-state index in [0.29, 0.717) is 50.7 Å². The summed E-state index contributed by atoms with van der Waals surface area (Å²) in [5.74, 6) is 1.01. The molecule has 0 atom stereocenters. The molecule has 0 N–H and O–H groups in total. The Hall–Kier alpha value is -5.43. The molecule has 5 rings (SSSR count). The van der Waals surface area contributed by atoms with Crippen LogP contribution in [0.3, 0.4) is 0 Å². The Labute approximate surface area is 412 Å². The number of hydrogen-bond acceptors (Lipinski definition) is 10. The minimum Gasteiger partial charge on any atom is -0.494 e. The van der Waals surface area contributed by atoms with Gasteiger partial charge < -0.3 is 18.9 Å². The van der Waals surface area contributed by atoms with Gasteiger partial charge in [-0.3, -0.25) is 0 Å². The molecule has 0 unspecified atom stereocenters. The van der Waals surface area contributed by atoms with Crippen molar-refractivity contribution < 1.29 is 28.5 Å². The number of hydrogen-bond donors (Lipinski definition) is 0. The van der Waals surface area contributed by atoms with Crippen molar-refractivity contribution in [2.45, 2.75) is 142 Å². The van der Waals surface area contributed by atoms with Crippen LogP contribution in [0.25, 0.3) is 0 Å². The largest absolute Gasteiger partial charge is 0.494 e. The van der Waals surface area contributed by atoms with Gasteiger partial charge in [-0.05, 0) is 145 Å². The smallest absolute Gasteiger partial charge is 0.343 e. The fourth-order valence-electron chi connectivity index (χ4n) is 7.29. The second-order valence-corrected chi connectivity index (χ2v) is 18.1. The van der Waals surface area contributed by atoms with Crippen LogP contribution in [0.2, 0.25) is 0 Å². The van der Waals surface area contributed by atoms with Gasteiger partial charge in [0.15, 0.2) is 0 Å². The van der Waals surface area contributed by atoms with Crippen molar-refractivity contribution in [2.75, 3.05) is 13.2 Å². The SMILES string of the molecule is CCCCCCCCCCCCOc1ccc(N=Nc2ccc(C(=O)Oc3ccc(I)c(OC(=O)c4ccc(N=Nc5ccc(OCCCCCCCCCCCC)cc5)cc4)c3)cc2)cc1. The zero-order valence-corrected chi connectivity index (χ0v) is 41.8. The van der Waals surface area contributed by atoms with Gasteiger partial charge in [0.25, 0.3) is 0 Å². The monoisotopic (exact) mass is 1020 g/mol. The fourth-order valence-corrected chi connectivity index (χ4v) is 7.73. The molecule has 11 heteroatoms. The van der Waals surface area contributed by atoms with E-state index >= 15 is 0 Å². The summed E-state index contributed by atoms with van der Waals surface area (Å²) in [7, 11) is 0. The molecular weight excluding hydrogens is 952 g/mol. The predicted molar refractivity (Wildman–Crippen MR) is 278 cm³/mol. The van der Waals surface area contributed by atoms with E-state index in [9.17, 15) is 9.59 Å². The van der Waals surface area contributed by atoms with Crippen molar-refractivity contribution >= 4 is 57.3 Å². The third kappa shape index (κ3) is 21.0. The van der Waals surface area contributed by atoms with Crippen LogP contribution < -0.4 is 18.9 Å². The summed E-state index contributed by atoms with van der Waals surface area (Å²) in [5.41, 5.74) is 3.23. The maximum atomic E-state index is 13.1. The second kappa shape index (κ2) is 31.5. The Bertz CT molecular complexity index is 2230. The Morgan fingerprint density at radius 2 is 0.701 bits per heavy atom. The van der Waals surface area contributed by atoms with Crippen LogP contribution in [0.15, 0.2) is 136 Å². The highest BCUT2D eigenvalue weighted by Crippen LogP contribution is 2.29. The first-order chi connectivity index (χ1) is 32.9. The standard InChI is InChI=1S/C56H69IN4O6/c1-3-5-7-9-11-13-15-17-19-21-41-64-50-35-31-48(32-36-50)60-58-46-27-23-44(24-28-46)55(62)66-52-39-40-53(57)54(43-52)67-56(63)45-25-29-47(30-26-45)59-61-49-33-37-51(38-34-49)65-42-22-20-18-16-14-12-10-8-6-4-2/h23-40,43H,3-22,41-42H2,1-2H3. The lowest BCUT2D eigenvalue weighted by Gasteiger charge is -2.10. The number of nitrogens with zero attached hydrogens (tertiary/aromatic N) is 4. The molecule has 0 heterocycles. The Kier molecular flexibility index (Phi) is 24.7. The van der Waals surface area contributed by atoms with Gasteiger partial charge in [-0.1, -0.05) is 129 Å². The van der Waals surface area contributed by atoms with Crippen LogP contribution in [-0.2, 0) is 0 Å². The predicted octanol–water partition coefficient (Wildman–Crippen LogP) is 18.2. The molecule has 0 radical (unpaired) electrons. The minimum absolute atomic E-state index is 0.234. The lowest BCUT2D eigenvalue weighted by molar-refractivity contribution is 0.0731. The van der Waals surface area contributed by atoms with Gasteiger partial charge in [0.1, 0.15) is 23.0 Å². The van der Waals surface area contributed by atoms with E-state index in [1.807, 2.05) is 48.5 Å². The van der Waals surface area contributed by atoms with E-state index in [1.165, 1.54) is 122 Å². The van der Waals surface area contributed by atoms with Crippen LogP contribution in [0.1, 0.15) is 163 Å². The average Bonchev–Trinajstić information content (AvgIpc) is 3.35. The summed E-state index contributed by atoms with van der Waals surface area (Å²) in [4.78, 5) is 26.2. The van der Waals surface area contributed by atoms with Crippen molar-refractivity contribution in [2.24, 2.45) is 20.5 Å². The molecule has 0 aliphatic heterocycles. The highest BCUT2D eigenvalue weighted by atomic mass is 127. The number of esters is 2. The second-order valence-electron chi connectivity index (χ2n) is 16.9. The summed E-state index contributed by atoms with van der Waals surface area (Å²) in [5, 5.41) is 17.3. The quantitative estimate of drug-likeness (QED) is 0.0139. The molecule has 10 nitrogen and oxygen atoms in total. The number of ether oxygens (including phenoxy) is 4. The van der Waals surface area contributed by atoms with Crippen molar-refractivity contribution in [3.05, 3.63) is 130 Å². The Balaban J connectivity index is 0.990. The molecule has 0 saturated carbocycles. The first kappa shape index (κ1) is 52.5. The highest BCUT2D eigenvalue weighted by Gasteiger charge is 2.15. The molecule has 5 aromatic carbocycles. The van der Waals surface area contributed by atoms with E-state index in [0.717, 1.165) is 24.3 Å². The van der Waals surface area contributed by atoms with E-state index in [-0.39, 0.29) is 11.5 Å². The van der Waals surface area contributed by atoms with E-state index in [2.05, 4.69) is 56.9 Å². The molecule has 0 bridgehead atoms. The lowest BCUT2D eigenvalue weighted by atomic mass is 10.1. The van der Waals surface area contributed by atoms with Crippen LogP contribution in [0.5, 0.6) is 23.0 Å². The van der Waals surface area contributed by atoms with Crippen LogP contribution in [0.4, 0.5) is 22.7 Å². The molecule has 0 aromatic heterocycles. The Morgan fingerprint density at radius 1 is 0.388 bits per heavy atom. The summed E-state index contributed by atoms with van der Waals surface area (Å²) in [6, 6.07) is 33.3. The normalized spacial score (nSPS) is 11.3. The maximum Gasteiger partial charge on any atom is 0.343 e. The molecule has 0 amide bonds. The third-order valence-electron chi connectivity index (χ3n) is 11.3. The number of carbonyl (C=O) groups is 2. The minimum atomic E-state index is -0.566. The summed E-state index contributed by atoms with van der Waals surface area (Å²) in [6.45, 7) is 5.94. The molecular formula is C56H69IN4O6. The topological polar surface area (TPSA) is 121 Å². The van der Waals surface area contributed by atoms with Crippen LogP contribution in [0, 0.1) is 3.57 Å². The van der Waals surface area contributed by atoms with E-state index < -0.39 is 11.9 Å². The maximum absolute atomic E-state index is 13.1. The first-order valence-corrected chi connectivity index (χ1v) is 25.7. The van der Waals surface area contributed by atoms with Crippen LogP contribution in [-0.4, -0.2) is 25.2 Å². The number of unbranched alkanes of at least 4 members (excludes halogenated alkanes) is 18. The number of rotatable bonds is 32. The average molecular weight is 1020 g/mol. The first-order valence-electron chi connectivity index (χ1n) is 24.6. The molecule has 67 heavy (non-hydrogen) atoms. The summed E-state index contributed by atoms with van der Waals surface area (Å²) < 4.78 is 23.9. The zero-order chi connectivity index (χ0) is 47.2. The van der Waals surface area contributed by atoms with Gasteiger partial charge in [-0.15, -0.1) is 0 Å². The van der Waals surface area contributed by atoms with Crippen molar-refractivity contribution in [3.63, 3.8) is 0 Å². The number of azo groups is 2. The third-order valence-corrected chi connectivity index (χ3v) is 12.2. The Morgan fingerprint density at radius 3 is 1.07 bits per heavy atom. The van der Waals surface area contributed by atoms with Crippen molar-refractivity contribution in [1.29, 1.82) is 0 Å². The lowest BCUT2D eigenvalue weighted by Crippen LogP contribution is -2.11. The number of halogens is 1. The zero-order valence-electron chi connectivity index (χ0n) is 39.6. The highest BCUT2D eigenvalue weighted by molar-refractivity contribution is 14.1. The van der Waals surface area contributed by atoms with Gasteiger partial charge in [-0.25, -0.2) is 9.59 Å². The van der Waals surface area contributed by atoms with E-state index in [1.54, 1.807) is 60.7 Å². The fraction of sp³-hybridized carbons (Fsp3) is 0.429. The van der Waals surface area contributed by atoms with E-state index in [4.69, 9.17) is 18.9 Å². The summed E-state index contributed by atoms with van der Waals surface area (Å²) in [6.07, 6.45) is 25.9. The number of benzene rings is 5. The molecule has 0 spiro atoms. The summed E-state index contributed by atoms with van der Waals surface area (Å²) >= 11 is 2.07. The van der Waals surface area contributed by atoms with Gasteiger partial charge >= 0.3 is 11.9 Å². The number of carbonyl (C=O) groups excluding carboxylic acids is 2. The molecule has 5 aromatic rings.